The summed E-state index contributed by atoms with van der Waals surface area (Å²) in [6, 6.07) is 27.0. The van der Waals surface area contributed by atoms with Crippen molar-refractivity contribution < 1.29 is 36.9 Å². The van der Waals surface area contributed by atoms with Gasteiger partial charge in [0.25, 0.3) is 0 Å². The zero-order chi connectivity index (χ0) is 41.1. The van der Waals surface area contributed by atoms with Crippen LogP contribution in [0.15, 0.2) is 102 Å². The summed E-state index contributed by atoms with van der Waals surface area (Å²) in [4.78, 5) is 22.6. The Morgan fingerprint density at radius 3 is 2.31 bits per heavy atom. The van der Waals surface area contributed by atoms with Crippen molar-refractivity contribution in [3.05, 3.63) is 120 Å². The van der Waals surface area contributed by atoms with E-state index in [1.54, 1.807) is 48.3 Å². The second kappa shape index (κ2) is 19.5. The molecule has 2 amide bonds. The number of benzene rings is 4. The largest absolute Gasteiger partial charge is 0.497 e. The molecule has 58 heavy (non-hydrogen) atoms. The Kier molecular flexibility index (Phi) is 14.1. The van der Waals surface area contributed by atoms with Gasteiger partial charge in [-0.15, -0.1) is 0 Å². The van der Waals surface area contributed by atoms with Crippen molar-refractivity contribution in [1.82, 2.24) is 19.7 Å². The lowest BCUT2D eigenvalue weighted by Crippen LogP contribution is -2.21. The fourth-order valence-electron chi connectivity index (χ4n) is 5.99. The van der Waals surface area contributed by atoms with Gasteiger partial charge in [-0.2, -0.15) is 10.1 Å². The van der Waals surface area contributed by atoms with Crippen LogP contribution in [0.3, 0.4) is 0 Å². The van der Waals surface area contributed by atoms with Gasteiger partial charge in [-0.05, 0) is 60.9 Å². The molecule has 0 aliphatic rings. The Bertz CT molecular complexity index is 2440. The molecule has 6 rings (SSSR count). The molecule has 0 saturated heterocycles. The molecule has 0 unspecified atom stereocenters. The van der Waals surface area contributed by atoms with Gasteiger partial charge in [-0.1, -0.05) is 55.8 Å². The number of nitrogens with one attached hydrogen (secondary N) is 2. The molecule has 14 nitrogen and oxygen atoms in total. The van der Waals surface area contributed by atoms with Gasteiger partial charge in [-0.3, -0.25) is 5.32 Å². The summed E-state index contributed by atoms with van der Waals surface area (Å²) < 4.78 is 55.7. The van der Waals surface area contributed by atoms with Gasteiger partial charge in [0.05, 0.1) is 67.9 Å². The molecule has 6 aromatic rings. The second-order valence-corrected chi connectivity index (χ2v) is 15.8. The number of methoxy groups -OCH3 is 2. The smallest absolute Gasteiger partial charge is 0.324 e. The summed E-state index contributed by atoms with van der Waals surface area (Å²) in [6.45, 7) is 7.68. The number of carbonyl (C=O) groups excluding carboxylic acids is 1. The van der Waals surface area contributed by atoms with Gasteiger partial charge >= 0.3 is 6.03 Å². The number of urea groups is 1. The van der Waals surface area contributed by atoms with Crippen LogP contribution in [0.25, 0.3) is 16.5 Å². The van der Waals surface area contributed by atoms with E-state index in [4.69, 9.17) is 28.8 Å². The first-order chi connectivity index (χ1) is 28.0. The molecule has 0 aliphatic heterocycles. The maximum Gasteiger partial charge on any atom is 0.324 e. The molecular weight excluding hydrogens is 761 g/mol. The second-order valence-electron chi connectivity index (χ2n) is 13.7. The molecule has 2 heterocycles. The van der Waals surface area contributed by atoms with E-state index < -0.39 is 15.9 Å². The van der Waals surface area contributed by atoms with Crippen molar-refractivity contribution in [1.29, 1.82) is 0 Å². The normalized spacial score (nSPS) is 11.6. The van der Waals surface area contributed by atoms with Gasteiger partial charge in [0, 0.05) is 42.6 Å². The molecule has 0 spiro atoms. The van der Waals surface area contributed by atoms with Gasteiger partial charge in [0.15, 0.2) is 9.84 Å². The molecule has 0 atom stereocenters. The van der Waals surface area contributed by atoms with Gasteiger partial charge in [-0.25, -0.2) is 22.9 Å². The van der Waals surface area contributed by atoms with E-state index in [0.29, 0.717) is 54.2 Å². The summed E-state index contributed by atoms with van der Waals surface area (Å²) in [6.07, 6.45) is 1.80. The van der Waals surface area contributed by atoms with E-state index in [0.717, 1.165) is 27.7 Å². The Morgan fingerprint density at radius 1 is 0.828 bits per heavy atom. The number of nitrogens with zero attached hydrogens (tertiary/aromatic N) is 4. The van der Waals surface area contributed by atoms with Crippen molar-refractivity contribution in [2.24, 2.45) is 0 Å². The van der Waals surface area contributed by atoms with Crippen molar-refractivity contribution in [2.45, 2.75) is 38.0 Å². The van der Waals surface area contributed by atoms with E-state index in [2.05, 4.69) is 34.4 Å². The van der Waals surface area contributed by atoms with Gasteiger partial charge in [0.2, 0.25) is 5.88 Å². The monoisotopic (exact) mass is 808 g/mol. The molecule has 0 aliphatic carbocycles. The molecule has 304 valence electrons. The molecule has 2 N–H and O–H groups in total. The minimum atomic E-state index is -3.69. The van der Waals surface area contributed by atoms with E-state index in [-0.39, 0.29) is 42.1 Å². The van der Waals surface area contributed by atoms with Crippen molar-refractivity contribution in [3.63, 3.8) is 0 Å². The number of sulfone groups is 1. The molecule has 4 aromatic carbocycles. The van der Waals surface area contributed by atoms with E-state index >= 15 is 0 Å². The number of aryl methyl sites for hydroxylation is 1. The highest BCUT2D eigenvalue weighted by molar-refractivity contribution is 7.91. The fraction of sp³-hybridized carbons (Fsp3) is 0.302. The first kappa shape index (κ1) is 41.8. The minimum absolute atomic E-state index is 0.0180. The average Bonchev–Trinajstić information content (AvgIpc) is 3.64. The highest BCUT2D eigenvalue weighted by Crippen LogP contribution is 2.34. The summed E-state index contributed by atoms with van der Waals surface area (Å²) >= 11 is 0. The molecule has 0 bridgehead atoms. The van der Waals surface area contributed by atoms with Crippen LogP contribution in [0.1, 0.15) is 42.4 Å². The summed E-state index contributed by atoms with van der Waals surface area (Å²) in [5.41, 5.74) is 4.04. The Labute approximate surface area is 338 Å². The third kappa shape index (κ3) is 10.9. The number of hydrogen-bond donors (Lipinski definition) is 2. The van der Waals surface area contributed by atoms with E-state index in [9.17, 15) is 13.2 Å². The first-order valence-corrected chi connectivity index (χ1v) is 20.5. The highest BCUT2D eigenvalue weighted by Gasteiger charge is 2.19. The zero-order valence-electron chi connectivity index (χ0n) is 33.2. The molecule has 0 radical (unpaired) electrons. The predicted octanol–water partition coefficient (Wildman–Crippen LogP) is 7.74. The Morgan fingerprint density at radius 2 is 1.57 bits per heavy atom. The third-order valence-electron chi connectivity index (χ3n) is 9.06. The Hall–Kier alpha value is -5.87. The lowest BCUT2D eigenvalue weighted by Gasteiger charge is -2.14. The average molecular weight is 809 g/mol. The lowest BCUT2D eigenvalue weighted by atomic mass is 10.1. The molecular formula is C43H48N6O8S. The van der Waals surface area contributed by atoms with Gasteiger partial charge < -0.3 is 29.0 Å². The number of rotatable bonds is 19. The van der Waals surface area contributed by atoms with Crippen LogP contribution in [0, 0.1) is 6.92 Å². The summed E-state index contributed by atoms with van der Waals surface area (Å²) in [5.74, 6) is 2.11. The quantitative estimate of drug-likeness (QED) is 0.0770. The number of aromatic nitrogens is 4. The number of ether oxygens (including phenoxy) is 5. The van der Waals surface area contributed by atoms with Crippen molar-refractivity contribution >= 4 is 38.1 Å². The summed E-state index contributed by atoms with van der Waals surface area (Å²) in [5, 5.41) is 12.2. The number of carbonyl (C=O) groups is 1. The number of hydrogen-bond acceptors (Lipinski definition) is 11. The molecule has 15 heteroatoms. The van der Waals surface area contributed by atoms with Crippen LogP contribution >= 0.6 is 0 Å². The highest BCUT2D eigenvalue weighted by atomic mass is 32.2. The topological polar surface area (TPSA) is 165 Å². The van der Waals surface area contributed by atoms with Crippen molar-refractivity contribution in [2.75, 3.05) is 63.6 Å². The van der Waals surface area contributed by atoms with Crippen LogP contribution in [0.2, 0.25) is 0 Å². The fourth-order valence-corrected chi connectivity index (χ4v) is 7.19. The van der Waals surface area contributed by atoms with Crippen LogP contribution in [-0.4, -0.2) is 87.2 Å². The maximum absolute atomic E-state index is 13.5. The van der Waals surface area contributed by atoms with Crippen molar-refractivity contribution in [3.8, 4) is 23.1 Å². The van der Waals surface area contributed by atoms with Crippen LogP contribution in [0.4, 0.5) is 16.3 Å². The Balaban J connectivity index is 1.14. The molecule has 2 aromatic heterocycles. The molecule has 0 saturated carbocycles. The maximum atomic E-state index is 13.5. The van der Waals surface area contributed by atoms with Crippen LogP contribution in [-0.2, 0) is 30.5 Å². The van der Waals surface area contributed by atoms with E-state index in [1.165, 1.54) is 13.2 Å². The number of anilines is 2. The predicted molar refractivity (Wildman–Crippen MR) is 222 cm³/mol. The zero-order valence-corrected chi connectivity index (χ0v) is 34.0. The van der Waals surface area contributed by atoms with Gasteiger partial charge in [0.1, 0.15) is 23.1 Å². The first-order valence-electron chi connectivity index (χ1n) is 18.8. The minimum Gasteiger partial charge on any atom is -0.497 e. The lowest BCUT2D eigenvalue weighted by molar-refractivity contribution is 0.0284. The third-order valence-corrected chi connectivity index (χ3v) is 10.7. The van der Waals surface area contributed by atoms with E-state index in [1.807, 2.05) is 61.5 Å². The standard InChI is InChI=1S/C43H48N6O8S/c1-29(2)38-28-41(49(48-38)32-12-10-30(3)11-13-32)47-43(50)45-37-14-15-39(36-9-7-6-8-35(36)37)57-42-16-17-44-40(46-42)26-31-24-33(54-5)27-34(25-31)58(51,52)23-22-56-21-20-55-19-18-53-4/h6-17,24-25,27-29H,18-23,26H2,1-5H3,(H2,45,47,50). The SMILES string of the molecule is COCCOCCOCCS(=O)(=O)c1cc(Cc2nccc(Oc3ccc(NC(=O)Nc4cc(C(C)C)nn4-c4ccc(C)cc4)c4ccccc34)n2)cc(OC)c1. The van der Waals surface area contributed by atoms with Crippen LogP contribution < -0.4 is 20.1 Å². The molecule has 0 fully saturated rings. The van der Waals surface area contributed by atoms with Crippen LogP contribution in [0.5, 0.6) is 17.4 Å². The summed E-state index contributed by atoms with van der Waals surface area (Å²) in [7, 11) is -0.616. The number of amides is 2. The number of fused-ring (bicyclic) bond motifs is 1.